The summed E-state index contributed by atoms with van der Waals surface area (Å²) >= 11 is 6.90. The summed E-state index contributed by atoms with van der Waals surface area (Å²) in [4.78, 5) is 0. The normalized spacial score (nSPS) is 10.1. The van der Waals surface area contributed by atoms with Crippen LogP contribution in [0.3, 0.4) is 0 Å². The lowest BCUT2D eigenvalue weighted by Gasteiger charge is -2.03. The second-order valence-electron chi connectivity index (χ2n) is 2.90. The molecule has 0 saturated carbocycles. The Kier molecular flexibility index (Phi) is 2.65. The zero-order valence-corrected chi connectivity index (χ0v) is 9.06. The number of hydrogen-bond donors (Lipinski definition) is 1. The minimum atomic E-state index is 0.413. The van der Waals surface area contributed by atoms with Gasteiger partial charge in [0, 0.05) is 5.69 Å². The highest BCUT2D eigenvalue weighted by Gasteiger charge is 2.04. The average molecular weight is 226 g/mol. The standard InChI is InChI=1S/C9H8ClN3S/c1-6-3-2-4-7(5-6)11-9-8(10)12-14-13-9/h2-5H,1H3,(H,11,13). The number of nitrogens with one attached hydrogen (secondary N) is 1. The van der Waals surface area contributed by atoms with Crippen molar-refractivity contribution in [2.75, 3.05) is 5.32 Å². The summed E-state index contributed by atoms with van der Waals surface area (Å²) in [6.45, 7) is 2.03. The van der Waals surface area contributed by atoms with Gasteiger partial charge >= 0.3 is 0 Å². The van der Waals surface area contributed by atoms with Crippen molar-refractivity contribution in [2.45, 2.75) is 6.92 Å². The maximum atomic E-state index is 5.80. The van der Waals surface area contributed by atoms with E-state index in [2.05, 4.69) is 14.1 Å². The van der Waals surface area contributed by atoms with Gasteiger partial charge in [-0.1, -0.05) is 23.7 Å². The molecular formula is C9H8ClN3S. The monoisotopic (exact) mass is 225 g/mol. The number of hydrogen-bond acceptors (Lipinski definition) is 4. The van der Waals surface area contributed by atoms with E-state index in [1.165, 1.54) is 5.56 Å². The summed E-state index contributed by atoms with van der Waals surface area (Å²) in [6.07, 6.45) is 0. The van der Waals surface area contributed by atoms with E-state index in [9.17, 15) is 0 Å². The largest absolute Gasteiger partial charge is 0.337 e. The predicted octanol–water partition coefficient (Wildman–Crippen LogP) is 3.24. The van der Waals surface area contributed by atoms with Crippen LogP contribution in [0.4, 0.5) is 11.5 Å². The number of aromatic nitrogens is 2. The Labute approximate surface area is 91.1 Å². The molecule has 0 amide bonds. The van der Waals surface area contributed by atoms with Crippen LogP contribution in [-0.4, -0.2) is 8.75 Å². The smallest absolute Gasteiger partial charge is 0.187 e. The van der Waals surface area contributed by atoms with Gasteiger partial charge in [0.15, 0.2) is 11.0 Å². The summed E-state index contributed by atoms with van der Waals surface area (Å²) in [5.74, 6) is 0.613. The number of rotatable bonds is 2. The molecule has 1 aromatic heterocycles. The fourth-order valence-corrected chi connectivity index (χ4v) is 1.76. The van der Waals surface area contributed by atoms with E-state index < -0.39 is 0 Å². The highest BCUT2D eigenvalue weighted by Crippen LogP contribution is 2.22. The van der Waals surface area contributed by atoms with E-state index in [4.69, 9.17) is 11.6 Å². The topological polar surface area (TPSA) is 37.8 Å². The molecule has 2 rings (SSSR count). The molecule has 0 aliphatic rings. The van der Waals surface area contributed by atoms with Gasteiger partial charge in [-0.15, -0.1) is 0 Å². The average Bonchev–Trinajstić information content (AvgIpc) is 2.52. The molecule has 1 aromatic carbocycles. The maximum Gasteiger partial charge on any atom is 0.187 e. The first kappa shape index (κ1) is 9.43. The summed E-state index contributed by atoms with van der Waals surface area (Å²) < 4.78 is 7.90. The Morgan fingerprint density at radius 3 is 2.86 bits per heavy atom. The molecule has 72 valence electrons. The van der Waals surface area contributed by atoms with Crippen molar-refractivity contribution < 1.29 is 0 Å². The van der Waals surface area contributed by atoms with Gasteiger partial charge in [0.25, 0.3) is 0 Å². The first-order chi connectivity index (χ1) is 6.75. The van der Waals surface area contributed by atoms with Gasteiger partial charge in [-0.25, -0.2) is 0 Å². The Bertz CT molecular complexity index is 441. The van der Waals surface area contributed by atoms with Gasteiger partial charge in [0.1, 0.15) is 0 Å². The van der Waals surface area contributed by atoms with Crippen LogP contribution >= 0.6 is 23.3 Å². The van der Waals surface area contributed by atoms with Crippen LogP contribution in [0.25, 0.3) is 0 Å². The van der Waals surface area contributed by atoms with Crippen molar-refractivity contribution in [1.29, 1.82) is 0 Å². The summed E-state index contributed by atoms with van der Waals surface area (Å²) in [6, 6.07) is 8.00. The summed E-state index contributed by atoms with van der Waals surface area (Å²) in [7, 11) is 0. The highest BCUT2D eigenvalue weighted by molar-refractivity contribution is 6.99. The van der Waals surface area contributed by atoms with E-state index in [0.717, 1.165) is 17.4 Å². The lowest BCUT2D eigenvalue weighted by molar-refractivity contribution is 1.41. The lowest BCUT2D eigenvalue weighted by Crippen LogP contribution is -1.90. The molecule has 0 atom stereocenters. The van der Waals surface area contributed by atoms with E-state index in [1.54, 1.807) is 0 Å². The van der Waals surface area contributed by atoms with Gasteiger partial charge < -0.3 is 5.32 Å². The molecule has 0 radical (unpaired) electrons. The van der Waals surface area contributed by atoms with Gasteiger partial charge in [0.05, 0.1) is 11.7 Å². The van der Waals surface area contributed by atoms with Crippen molar-refractivity contribution >= 4 is 34.8 Å². The van der Waals surface area contributed by atoms with E-state index in [-0.39, 0.29) is 0 Å². The van der Waals surface area contributed by atoms with Crippen LogP contribution in [-0.2, 0) is 0 Å². The highest BCUT2D eigenvalue weighted by atomic mass is 35.5. The molecule has 0 aliphatic carbocycles. The van der Waals surface area contributed by atoms with Crippen molar-refractivity contribution in [3.8, 4) is 0 Å². The van der Waals surface area contributed by atoms with E-state index in [0.29, 0.717) is 11.0 Å². The third-order valence-corrected chi connectivity index (χ3v) is 2.62. The third-order valence-electron chi connectivity index (χ3n) is 1.73. The SMILES string of the molecule is Cc1cccc(Nc2nsnc2Cl)c1. The first-order valence-corrected chi connectivity index (χ1v) is 5.18. The van der Waals surface area contributed by atoms with Crippen molar-refractivity contribution in [2.24, 2.45) is 0 Å². The van der Waals surface area contributed by atoms with Gasteiger partial charge in [-0.3, -0.25) is 0 Å². The Morgan fingerprint density at radius 2 is 2.21 bits per heavy atom. The molecule has 0 unspecified atom stereocenters. The molecule has 0 aliphatic heterocycles. The second kappa shape index (κ2) is 3.94. The first-order valence-electron chi connectivity index (χ1n) is 4.07. The van der Waals surface area contributed by atoms with Crippen LogP contribution in [0.1, 0.15) is 5.56 Å². The number of benzene rings is 1. The zero-order chi connectivity index (χ0) is 9.97. The van der Waals surface area contributed by atoms with Crippen molar-refractivity contribution in [3.63, 3.8) is 0 Å². The predicted molar refractivity (Wildman–Crippen MR) is 59.4 cm³/mol. The zero-order valence-electron chi connectivity index (χ0n) is 7.49. The van der Waals surface area contributed by atoms with Crippen LogP contribution in [0, 0.1) is 6.92 Å². The lowest BCUT2D eigenvalue weighted by atomic mass is 10.2. The summed E-state index contributed by atoms with van der Waals surface area (Å²) in [5.41, 5.74) is 2.16. The second-order valence-corrected chi connectivity index (χ2v) is 3.78. The minimum Gasteiger partial charge on any atom is -0.337 e. The molecule has 0 fully saturated rings. The van der Waals surface area contributed by atoms with E-state index >= 15 is 0 Å². The summed E-state index contributed by atoms with van der Waals surface area (Å²) in [5, 5.41) is 3.51. The number of aryl methyl sites for hydroxylation is 1. The van der Waals surface area contributed by atoms with Gasteiger partial charge in [-0.2, -0.15) is 8.75 Å². The Morgan fingerprint density at radius 1 is 1.36 bits per heavy atom. The van der Waals surface area contributed by atoms with Gasteiger partial charge in [-0.05, 0) is 24.6 Å². The van der Waals surface area contributed by atoms with Crippen molar-refractivity contribution in [1.82, 2.24) is 8.75 Å². The quantitative estimate of drug-likeness (QED) is 0.853. The van der Waals surface area contributed by atoms with E-state index in [1.807, 2.05) is 31.2 Å². The minimum absolute atomic E-state index is 0.413. The number of anilines is 2. The van der Waals surface area contributed by atoms with Crippen molar-refractivity contribution in [3.05, 3.63) is 35.0 Å². The molecule has 3 nitrogen and oxygen atoms in total. The van der Waals surface area contributed by atoms with Crippen LogP contribution in [0.5, 0.6) is 0 Å². The molecule has 1 N–H and O–H groups in total. The maximum absolute atomic E-state index is 5.80. The molecule has 0 spiro atoms. The molecule has 14 heavy (non-hydrogen) atoms. The Balaban J connectivity index is 2.23. The molecule has 5 heteroatoms. The fraction of sp³-hybridized carbons (Fsp3) is 0.111. The molecule has 0 saturated heterocycles. The number of nitrogens with zero attached hydrogens (tertiary/aromatic N) is 2. The number of halogens is 1. The van der Waals surface area contributed by atoms with Gasteiger partial charge in [0.2, 0.25) is 0 Å². The van der Waals surface area contributed by atoms with Crippen LogP contribution in [0.15, 0.2) is 24.3 Å². The molecular weight excluding hydrogens is 218 g/mol. The molecule has 2 aromatic rings. The molecule has 1 heterocycles. The van der Waals surface area contributed by atoms with Crippen LogP contribution in [0.2, 0.25) is 5.15 Å². The Hall–Kier alpha value is -1.13. The van der Waals surface area contributed by atoms with Crippen LogP contribution < -0.4 is 5.32 Å². The fourth-order valence-electron chi connectivity index (χ4n) is 1.11. The third kappa shape index (κ3) is 2.02. The molecule has 0 bridgehead atoms.